The van der Waals surface area contributed by atoms with Gasteiger partial charge >= 0.3 is 0 Å². The van der Waals surface area contributed by atoms with E-state index in [1.165, 1.54) is 6.07 Å². The van der Waals surface area contributed by atoms with Crippen molar-refractivity contribution in [2.75, 3.05) is 5.32 Å². The topological polar surface area (TPSA) is 83.6 Å². The first-order valence-electron chi connectivity index (χ1n) is 5.89. The number of carbonyl (C=O) groups is 1. The van der Waals surface area contributed by atoms with E-state index in [-0.39, 0.29) is 11.6 Å². The highest BCUT2D eigenvalue weighted by Gasteiger charge is 2.13. The van der Waals surface area contributed by atoms with E-state index in [0.717, 1.165) is 5.39 Å². The van der Waals surface area contributed by atoms with Gasteiger partial charge in [-0.2, -0.15) is 4.98 Å². The van der Waals surface area contributed by atoms with Crippen LogP contribution in [0.1, 0.15) is 16.3 Å². The standard InChI is InChI=1S/C13H10ClN5O/c1-7-15-13(19-18-7)17-12(20)11-6-9(14)8-4-2-3-5-10(8)16-11/h2-6H,1H3,(H2,15,17,18,19,20). The summed E-state index contributed by atoms with van der Waals surface area (Å²) in [5.74, 6) is 0.417. The molecular weight excluding hydrogens is 278 g/mol. The predicted molar refractivity (Wildman–Crippen MR) is 75.8 cm³/mol. The SMILES string of the molecule is Cc1nc(NC(=O)c2cc(Cl)c3ccccc3n2)n[nH]1. The Labute approximate surface area is 119 Å². The van der Waals surface area contributed by atoms with Gasteiger partial charge < -0.3 is 0 Å². The maximum atomic E-state index is 12.1. The van der Waals surface area contributed by atoms with Crippen LogP contribution in [-0.2, 0) is 0 Å². The van der Waals surface area contributed by atoms with Crippen molar-refractivity contribution in [3.8, 4) is 0 Å². The Morgan fingerprint density at radius 1 is 1.30 bits per heavy atom. The molecule has 3 rings (SSSR count). The van der Waals surface area contributed by atoms with Crippen molar-refractivity contribution < 1.29 is 4.79 Å². The number of pyridine rings is 1. The zero-order valence-corrected chi connectivity index (χ0v) is 11.3. The Balaban J connectivity index is 1.95. The lowest BCUT2D eigenvalue weighted by atomic mass is 10.2. The third kappa shape index (κ3) is 2.33. The Morgan fingerprint density at radius 3 is 2.85 bits per heavy atom. The van der Waals surface area contributed by atoms with Crippen LogP contribution in [0.5, 0.6) is 0 Å². The van der Waals surface area contributed by atoms with Crippen molar-refractivity contribution in [1.82, 2.24) is 20.2 Å². The van der Waals surface area contributed by atoms with Crippen LogP contribution in [0, 0.1) is 6.92 Å². The summed E-state index contributed by atoms with van der Waals surface area (Å²) < 4.78 is 0. The monoisotopic (exact) mass is 287 g/mol. The number of amides is 1. The highest BCUT2D eigenvalue weighted by atomic mass is 35.5. The number of rotatable bonds is 2. The molecule has 1 amide bonds. The van der Waals surface area contributed by atoms with Crippen LogP contribution in [0.4, 0.5) is 5.95 Å². The van der Waals surface area contributed by atoms with Crippen molar-refractivity contribution in [2.24, 2.45) is 0 Å². The molecule has 20 heavy (non-hydrogen) atoms. The second kappa shape index (κ2) is 4.90. The molecule has 100 valence electrons. The normalized spacial score (nSPS) is 10.7. The molecule has 6 nitrogen and oxygen atoms in total. The first kappa shape index (κ1) is 12.6. The summed E-state index contributed by atoms with van der Waals surface area (Å²) in [4.78, 5) is 20.4. The van der Waals surface area contributed by atoms with E-state index in [2.05, 4.69) is 25.5 Å². The molecule has 0 bridgehead atoms. The molecule has 0 unspecified atom stereocenters. The number of aromatic nitrogens is 4. The fourth-order valence-electron chi connectivity index (χ4n) is 1.81. The molecule has 0 aliphatic heterocycles. The van der Waals surface area contributed by atoms with Crippen molar-refractivity contribution in [2.45, 2.75) is 6.92 Å². The Hall–Kier alpha value is -2.47. The second-order valence-electron chi connectivity index (χ2n) is 4.21. The van der Waals surface area contributed by atoms with Gasteiger partial charge in [0.1, 0.15) is 11.5 Å². The number of fused-ring (bicyclic) bond motifs is 1. The number of para-hydroxylation sites is 1. The lowest BCUT2D eigenvalue weighted by molar-refractivity contribution is 0.102. The number of benzene rings is 1. The molecular formula is C13H10ClN5O. The molecule has 1 aromatic carbocycles. The van der Waals surface area contributed by atoms with E-state index < -0.39 is 5.91 Å². The number of aryl methyl sites for hydroxylation is 1. The lowest BCUT2D eigenvalue weighted by Crippen LogP contribution is -2.14. The van der Waals surface area contributed by atoms with Crippen molar-refractivity contribution in [3.05, 3.63) is 46.9 Å². The molecule has 0 saturated carbocycles. The van der Waals surface area contributed by atoms with Crippen LogP contribution < -0.4 is 5.32 Å². The molecule has 0 spiro atoms. The van der Waals surface area contributed by atoms with Crippen LogP contribution in [-0.4, -0.2) is 26.1 Å². The van der Waals surface area contributed by atoms with Gasteiger partial charge in [0.25, 0.3) is 5.91 Å². The van der Waals surface area contributed by atoms with Crippen molar-refractivity contribution in [3.63, 3.8) is 0 Å². The lowest BCUT2D eigenvalue weighted by Gasteiger charge is -2.04. The second-order valence-corrected chi connectivity index (χ2v) is 4.61. The zero-order chi connectivity index (χ0) is 14.1. The summed E-state index contributed by atoms with van der Waals surface area (Å²) in [6, 6.07) is 8.89. The van der Waals surface area contributed by atoms with E-state index in [0.29, 0.717) is 16.4 Å². The number of hydrogen-bond donors (Lipinski definition) is 2. The Morgan fingerprint density at radius 2 is 2.10 bits per heavy atom. The third-order valence-corrected chi connectivity index (χ3v) is 3.03. The number of aromatic amines is 1. The summed E-state index contributed by atoms with van der Waals surface area (Å²) in [6.07, 6.45) is 0. The first-order valence-corrected chi connectivity index (χ1v) is 6.27. The van der Waals surface area contributed by atoms with Gasteiger partial charge in [-0.3, -0.25) is 15.2 Å². The van der Waals surface area contributed by atoms with E-state index in [1.54, 1.807) is 13.0 Å². The number of hydrogen-bond acceptors (Lipinski definition) is 4. The molecule has 0 saturated heterocycles. The summed E-state index contributed by atoms with van der Waals surface area (Å²) in [5.41, 5.74) is 0.882. The van der Waals surface area contributed by atoms with E-state index in [1.807, 2.05) is 18.2 Å². The maximum Gasteiger partial charge on any atom is 0.276 e. The molecule has 7 heteroatoms. The van der Waals surface area contributed by atoms with Gasteiger partial charge in [0.05, 0.1) is 10.5 Å². The number of H-pyrrole nitrogens is 1. The minimum Gasteiger partial charge on any atom is -0.288 e. The number of carbonyl (C=O) groups excluding carboxylic acids is 1. The zero-order valence-electron chi connectivity index (χ0n) is 10.5. The van der Waals surface area contributed by atoms with E-state index in [4.69, 9.17) is 11.6 Å². The molecule has 3 aromatic rings. The van der Waals surface area contributed by atoms with Gasteiger partial charge in [0.15, 0.2) is 0 Å². The van der Waals surface area contributed by atoms with Gasteiger partial charge in [-0.25, -0.2) is 4.98 Å². The molecule has 0 fully saturated rings. The van der Waals surface area contributed by atoms with Gasteiger partial charge in [-0.05, 0) is 19.1 Å². The minimum atomic E-state index is -0.406. The Bertz CT molecular complexity index is 798. The highest BCUT2D eigenvalue weighted by molar-refractivity contribution is 6.35. The molecule has 0 aliphatic rings. The third-order valence-electron chi connectivity index (χ3n) is 2.72. The molecule has 0 atom stereocenters. The molecule has 0 aliphatic carbocycles. The average Bonchev–Trinajstić information content (AvgIpc) is 2.84. The predicted octanol–water partition coefficient (Wildman–Crippen LogP) is 2.57. The van der Waals surface area contributed by atoms with Gasteiger partial charge in [0, 0.05) is 5.39 Å². The molecule has 2 N–H and O–H groups in total. The Kier molecular flexibility index (Phi) is 3.08. The minimum absolute atomic E-state index is 0.207. The summed E-state index contributed by atoms with van der Waals surface area (Å²) >= 11 is 6.16. The smallest absolute Gasteiger partial charge is 0.276 e. The van der Waals surface area contributed by atoms with Gasteiger partial charge in [0.2, 0.25) is 5.95 Å². The number of nitrogens with one attached hydrogen (secondary N) is 2. The molecule has 2 aromatic heterocycles. The average molecular weight is 288 g/mol. The van der Waals surface area contributed by atoms with Gasteiger partial charge in [-0.15, -0.1) is 5.10 Å². The summed E-state index contributed by atoms with van der Waals surface area (Å²) in [5, 5.41) is 10.3. The molecule has 0 radical (unpaired) electrons. The van der Waals surface area contributed by atoms with Crippen LogP contribution in [0.25, 0.3) is 10.9 Å². The van der Waals surface area contributed by atoms with Crippen LogP contribution in [0.2, 0.25) is 5.02 Å². The fourth-order valence-corrected chi connectivity index (χ4v) is 2.08. The molecule has 2 heterocycles. The quantitative estimate of drug-likeness (QED) is 0.759. The maximum absolute atomic E-state index is 12.1. The van der Waals surface area contributed by atoms with Crippen LogP contribution in [0.15, 0.2) is 30.3 Å². The van der Waals surface area contributed by atoms with Gasteiger partial charge in [-0.1, -0.05) is 29.8 Å². The summed E-state index contributed by atoms with van der Waals surface area (Å²) in [7, 11) is 0. The number of nitrogens with zero attached hydrogens (tertiary/aromatic N) is 3. The van der Waals surface area contributed by atoms with E-state index in [9.17, 15) is 4.79 Å². The van der Waals surface area contributed by atoms with Crippen LogP contribution >= 0.6 is 11.6 Å². The van der Waals surface area contributed by atoms with Crippen molar-refractivity contribution >= 4 is 34.4 Å². The summed E-state index contributed by atoms with van der Waals surface area (Å²) in [6.45, 7) is 1.74. The first-order chi connectivity index (χ1) is 9.63. The van der Waals surface area contributed by atoms with E-state index >= 15 is 0 Å². The number of anilines is 1. The van der Waals surface area contributed by atoms with Crippen LogP contribution in [0.3, 0.4) is 0 Å². The van der Waals surface area contributed by atoms with Crippen molar-refractivity contribution in [1.29, 1.82) is 0 Å². The highest BCUT2D eigenvalue weighted by Crippen LogP contribution is 2.23. The fraction of sp³-hybridized carbons (Fsp3) is 0.0769. The number of halogens is 1. The largest absolute Gasteiger partial charge is 0.288 e.